The van der Waals surface area contributed by atoms with Crippen LogP contribution in [0.5, 0.6) is 0 Å². The van der Waals surface area contributed by atoms with Gasteiger partial charge in [-0.3, -0.25) is 0 Å². The summed E-state index contributed by atoms with van der Waals surface area (Å²) in [7, 11) is 0. The van der Waals surface area contributed by atoms with E-state index in [1.807, 2.05) is 20.8 Å². The van der Waals surface area contributed by atoms with Crippen molar-refractivity contribution in [1.82, 2.24) is 0 Å². The highest BCUT2D eigenvalue weighted by Gasteiger charge is 2.01. The predicted octanol–water partition coefficient (Wildman–Crippen LogP) is 1.59. The third kappa shape index (κ3) is 9.80. The third-order valence-corrected chi connectivity index (χ3v) is 1.61. The van der Waals surface area contributed by atoms with Gasteiger partial charge in [0.1, 0.15) is 0 Å². The molecule has 80 valence electrons. The van der Waals surface area contributed by atoms with Gasteiger partial charge in [0, 0.05) is 0 Å². The summed E-state index contributed by atoms with van der Waals surface area (Å²) in [4.78, 5) is 0. The van der Waals surface area contributed by atoms with Crippen LogP contribution in [0.1, 0.15) is 33.6 Å². The van der Waals surface area contributed by atoms with Crippen molar-refractivity contribution in [2.24, 2.45) is 0 Å². The van der Waals surface area contributed by atoms with E-state index in [2.05, 4.69) is 0 Å². The van der Waals surface area contributed by atoms with Gasteiger partial charge in [-0.2, -0.15) is 0 Å². The summed E-state index contributed by atoms with van der Waals surface area (Å²) in [5.41, 5.74) is 0. The van der Waals surface area contributed by atoms with Crippen LogP contribution in [0, 0.1) is 0 Å². The van der Waals surface area contributed by atoms with Crippen molar-refractivity contribution < 1.29 is 14.6 Å². The highest BCUT2D eigenvalue weighted by molar-refractivity contribution is 4.51. The van der Waals surface area contributed by atoms with Crippen molar-refractivity contribution in [1.29, 1.82) is 0 Å². The first-order chi connectivity index (χ1) is 6.16. The first kappa shape index (κ1) is 12.9. The van der Waals surface area contributed by atoms with E-state index in [1.54, 1.807) is 0 Å². The molecule has 0 spiro atoms. The number of hydrogen-bond acceptors (Lipinski definition) is 3. The van der Waals surface area contributed by atoms with Gasteiger partial charge in [-0.15, -0.1) is 0 Å². The van der Waals surface area contributed by atoms with Gasteiger partial charge < -0.3 is 14.6 Å². The van der Waals surface area contributed by atoms with Crippen LogP contribution in [0.3, 0.4) is 0 Å². The van der Waals surface area contributed by atoms with Crippen molar-refractivity contribution in [2.45, 2.75) is 45.8 Å². The van der Waals surface area contributed by atoms with Gasteiger partial charge in [0.05, 0.1) is 32.0 Å². The standard InChI is InChI=1S/C10H22O3/c1-4-5-10(11)8-12-6-7-13-9(2)3/h9-11H,4-8H2,1-3H3. The molecule has 3 nitrogen and oxygen atoms in total. The molecule has 0 fully saturated rings. The van der Waals surface area contributed by atoms with E-state index >= 15 is 0 Å². The van der Waals surface area contributed by atoms with E-state index in [9.17, 15) is 5.11 Å². The predicted molar refractivity (Wildman–Crippen MR) is 52.8 cm³/mol. The number of aliphatic hydroxyl groups is 1. The highest BCUT2D eigenvalue weighted by atomic mass is 16.5. The zero-order valence-electron chi connectivity index (χ0n) is 8.95. The van der Waals surface area contributed by atoms with E-state index in [0.29, 0.717) is 19.8 Å². The summed E-state index contributed by atoms with van der Waals surface area (Å²) >= 11 is 0. The van der Waals surface area contributed by atoms with E-state index < -0.39 is 0 Å². The first-order valence-corrected chi connectivity index (χ1v) is 5.04. The van der Waals surface area contributed by atoms with Gasteiger partial charge >= 0.3 is 0 Å². The van der Waals surface area contributed by atoms with Crippen LogP contribution in [-0.2, 0) is 9.47 Å². The van der Waals surface area contributed by atoms with Crippen LogP contribution in [0.25, 0.3) is 0 Å². The lowest BCUT2D eigenvalue weighted by Gasteiger charge is -2.11. The maximum atomic E-state index is 9.29. The van der Waals surface area contributed by atoms with E-state index in [0.717, 1.165) is 12.8 Å². The molecule has 0 aliphatic rings. The second kappa shape index (κ2) is 8.48. The van der Waals surface area contributed by atoms with Crippen LogP contribution in [0.4, 0.5) is 0 Å². The summed E-state index contributed by atoms with van der Waals surface area (Å²) in [6.45, 7) is 7.63. The van der Waals surface area contributed by atoms with Gasteiger partial charge in [-0.1, -0.05) is 13.3 Å². The van der Waals surface area contributed by atoms with E-state index in [-0.39, 0.29) is 12.2 Å². The Morgan fingerprint density at radius 1 is 1.23 bits per heavy atom. The molecule has 0 saturated heterocycles. The highest BCUT2D eigenvalue weighted by Crippen LogP contribution is 1.96. The molecular weight excluding hydrogens is 168 g/mol. The largest absolute Gasteiger partial charge is 0.391 e. The van der Waals surface area contributed by atoms with Gasteiger partial charge in [-0.25, -0.2) is 0 Å². The molecule has 0 radical (unpaired) electrons. The van der Waals surface area contributed by atoms with Gasteiger partial charge in [0.15, 0.2) is 0 Å². The Bertz CT molecular complexity index is 104. The van der Waals surface area contributed by atoms with Crippen LogP contribution >= 0.6 is 0 Å². The van der Waals surface area contributed by atoms with Crippen LogP contribution in [0.2, 0.25) is 0 Å². The maximum Gasteiger partial charge on any atom is 0.0773 e. The molecule has 0 rings (SSSR count). The molecule has 13 heavy (non-hydrogen) atoms. The second-order valence-corrected chi connectivity index (χ2v) is 3.44. The Kier molecular flexibility index (Phi) is 8.40. The number of hydrogen-bond donors (Lipinski definition) is 1. The zero-order chi connectivity index (χ0) is 10.1. The average molecular weight is 190 g/mol. The lowest BCUT2D eigenvalue weighted by molar-refractivity contribution is -0.0122. The Balaban J connectivity index is 3.06. The maximum absolute atomic E-state index is 9.29. The van der Waals surface area contributed by atoms with Gasteiger partial charge in [-0.05, 0) is 20.3 Å². The quantitative estimate of drug-likeness (QED) is 0.591. The average Bonchev–Trinajstić information content (AvgIpc) is 2.03. The van der Waals surface area contributed by atoms with Crippen LogP contribution in [0.15, 0.2) is 0 Å². The fourth-order valence-corrected chi connectivity index (χ4v) is 0.979. The molecule has 0 aromatic rings. The summed E-state index contributed by atoms with van der Waals surface area (Å²) < 4.78 is 10.5. The molecule has 1 atom stereocenters. The van der Waals surface area contributed by atoms with Crippen molar-refractivity contribution in [3.05, 3.63) is 0 Å². The minimum absolute atomic E-state index is 0.254. The van der Waals surface area contributed by atoms with E-state index in [4.69, 9.17) is 9.47 Å². The number of aliphatic hydroxyl groups excluding tert-OH is 1. The normalized spacial score (nSPS) is 13.6. The molecule has 0 aliphatic heterocycles. The minimum atomic E-state index is -0.316. The SMILES string of the molecule is CCCC(O)COCCOC(C)C. The summed E-state index contributed by atoms with van der Waals surface area (Å²) in [5, 5.41) is 9.29. The molecule has 1 N–H and O–H groups in total. The lowest BCUT2D eigenvalue weighted by Crippen LogP contribution is -2.17. The fourth-order valence-electron chi connectivity index (χ4n) is 0.979. The van der Waals surface area contributed by atoms with Gasteiger partial charge in [0.2, 0.25) is 0 Å². The Morgan fingerprint density at radius 3 is 2.46 bits per heavy atom. The summed E-state index contributed by atoms with van der Waals surface area (Å²) in [6.07, 6.45) is 1.74. The van der Waals surface area contributed by atoms with Gasteiger partial charge in [0.25, 0.3) is 0 Å². The smallest absolute Gasteiger partial charge is 0.0773 e. The molecule has 0 amide bonds. The second-order valence-electron chi connectivity index (χ2n) is 3.44. The third-order valence-electron chi connectivity index (χ3n) is 1.61. The van der Waals surface area contributed by atoms with Crippen molar-refractivity contribution in [2.75, 3.05) is 19.8 Å². The van der Waals surface area contributed by atoms with Crippen molar-refractivity contribution >= 4 is 0 Å². The molecule has 0 aromatic carbocycles. The first-order valence-electron chi connectivity index (χ1n) is 5.04. The molecule has 0 bridgehead atoms. The van der Waals surface area contributed by atoms with Crippen molar-refractivity contribution in [3.63, 3.8) is 0 Å². The summed E-state index contributed by atoms with van der Waals surface area (Å²) in [5.74, 6) is 0. The van der Waals surface area contributed by atoms with Crippen molar-refractivity contribution in [3.8, 4) is 0 Å². The monoisotopic (exact) mass is 190 g/mol. The topological polar surface area (TPSA) is 38.7 Å². The molecule has 0 heterocycles. The Morgan fingerprint density at radius 2 is 1.92 bits per heavy atom. The lowest BCUT2D eigenvalue weighted by atomic mass is 10.2. The number of ether oxygens (including phenoxy) is 2. The molecule has 0 saturated carbocycles. The zero-order valence-corrected chi connectivity index (χ0v) is 8.95. The molecule has 3 heteroatoms. The fraction of sp³-hybridized carbons (Fsp3) is 1.00. The van der Waals surface area contributed by atoms with Crippen LogP contribution in [-0.4, -0.2) is 37.1 Å². The van der Waals surface area contributed by atoms with E-state index in [1.165, 1.54) is 0 Å². The Hall–Kier alpha value is -0.120. The molecule has 0 aromatic heterocycles. The number of rotatable bonds is 8. The molecular formula is C10H22O3. The summed E-state index contributed by atoms with van der Waals surface area (Å²) in [6, 6.07) is 0. The molecule has 0 aliphatic carbocycles. The molecule has 1 unspecified atom stereocenters. The van der Waals surface area contributed by atoms with Crippen LogP contribution < -0.4 is 0 Å². The minimum Gasteiger partial charge on any atom is -0.391 e. The Labute approximate surface area is 81.0 Å².